The molecule has 0 spiro atoms. The van der Waals surface area contributed by atoms with Gasteiger partial charge in [0.05, 0.1) is 17.7 Å². The lowest BCUT2D eigenvalue weighted by Gasteiger charge is -2.49. The van der Waals surface area contributed by atoms with Gasteiger partial charge in [0.15, 0.2) is 0 Å². The molecule has 2 heterocycles. The van der Waals surface area contributed by atoms with Gasteiger partial charge < -0.3 is 15.2 Å². The van der Waals surface area contributed by atoms with Gasteiger partial charge in [-0.05, 0) is 43.2 Å². The molecule has 1 amide bonds. The SMILES string of the molecule is COCC(=O)NC1C(c2cccs2)N(CCC(C)(C)C)CCC1(C)O. The fourth-order valence-electron chi connectivity index (χ4n) is 3.33. The van der Waals surface area contributed by atoms with Crippen LogP contribution in [0.1, 0.15) is 51.5 Å². The number of methoxy groups -OCH3 is 1. The molecule has 1 fully saturated rings. The van der Waals surface area contributed by atoms with Crippen LogP contribution in [0.3, 0.4) is 0 Å². The van der Waals surface area contributed by atoms with E-state index in [2.05, 4.69) is 42.4 Å². The van der Waals surface area contributed by atoms with Gasteiger partial charge in [0.2, 0.25) is 5.91 Å². The summed E-state index contributed by atoms with van der Waals surface area (Å²) in [5.74, 6) is -0.188. The topological polar surface area (TPSA) is 61.8 Å². The maximum atomic E-state index is 12.2. The van der Waals surface area contributed by atoms with Crippen LogP contribution in [0.5, 0.6) is 0 Å². The molecule has 1 aliphatic rings. The second kappa shape index (κ2) is 8.16. The Morgan fingerprint density at radius 1 is 1.52 bits per heavy atom. The van der Waals surface area contributed by atoms with Crippen LogP contribution >= 0.6 is 11.3 Å². The Bertz CT molecular complexity index is 552. The first-order valence-corrected chi connectivity index (χ1v) is 9.80. The lowest BCUT2D eigenvalue weighted by molar-refractivity contribution is -0.132. The molecule has 25 heavy (non-hydrogen) atoms. The van der Waals surface area contributed by atoms with Crippen molar-refractivity contribution < 1.29 is 14.6 Å². The fraction of sp³-hybridized carbons (Fsp3) is 0.737. The summed E-state index contributed by atoms with van der Waals surface area (Å²) in [5, 5.41) is 16.1. The van der Waals surface area contributed by atoms with Crippen LogP contribution in [0, 0.1) is 5.41 Å². The van der Waals surface area contributed by atoms with E-state index < -0.39 is 5.60 Å². The second-order valence-corrected chi connectivity index (χ2v) is 9.37. The molecular formula is C19H32N2O3S. The molecule has 1 aromatic heterocycles. The van der Waals surface area contributed by atoms with Gasteiger partial charge in [-0.25, -0.2) is 0 Å². The summed E-state index contributed by atoms with van der Waals surface area (Å²) < 4.78 is 4.95. The number of nitrogens with zero attached hydrogens (tertiary/aromatic N) is 1. The summed E-state index contributed by atoms with van der Waals surface area (Å²) >= 11 is 1.68. The average Bonchev–Trinajstić information content (AvgIpc) is 3.01. The number of carbonyl (C=O) groups is 1. The minimum Gasteiger partial charge on any atom is -0.388 e. The van der Waals surface area contributed by atoms with E-state index in [-0.39, 0.29) is 30.0 Å². The predicted molar refractivity (Wildman–Crippen MR) is 102 cm³/mol. The van der Waals surface area contributed by atoms with E-state index in [9.17, 15) is 9.90 Å². The summed E-state index contributed by atoms with van der Waals surface area (Å²) in [7, 11) is 1.50. The number of likely N-dealkylation sites (tertiary alicyclic amines) is 1. The summed E-state index contributed by atoms with van der Waals surface area (Å²) in [5.41, 5.74) is -0.703. The number of nitrogens with one attached hydrogen (secondary N) is 1. The van der Waals surface area contributed by atoms with E-state index in [4.69, 9.17) is 4.74 Å². The van der Waals surface area contributed by atoms with Gasteiger partial charge in [-0.2, -0.15) is 0 Å². The Morgan fingerprint density at radius 2 is 2.24 bits per heavy atom. The monoisotopic (exact) mass is 368 g/mol. The van der Waals surface area contributed by atoms with Crippen molar-refractivity contribution in [2.75, 3.05) is 26.8 Å². The van der Waals surface area contributed by atoms with Crippen molar-refractivity contribution in [1.29, 1.82) is 0 Å². The molecule has 3 atom stereocenters. The Morgan fingerprint density at radius 3 is 2.80 bits per heavy atom. The Kier molecular flexibility index (Phi) is 6.65. The zero-order valence-corrected chi connectivity index (χ0v) is 16.9. The number of aliphatic hydroxyl groups is 1. The van der Waals surface area contributed by atoms with Crippen LogP contribution in [0.4, 0.5) is 0 Å². The van der Waals surface area contributed by atoms with Crippen molar-refractivity contribution in [3.8, 4) is 0 Å². The summed E-state index contributed by atoms with van der Waals surface area (Å²) in [4.78, 5) is 15.8. The van der Waals surface area contributed by atoms with Crippen molar-refractivity contribution in [3.05, 3.63) is 22.4 Å². The van der Waals surface area contributed by atoms with Crippen LogP contribution in [-0.4, -0.2) is 54.4 Å². The number of piperidine rings is 1. The molecule has 2 N–H and O–H groups in total. The van der Waals surface area contributed by atoms with Gasteiger partial charge in [-0.3, -0.25) is 9.69 Å². The maximum absolute atomic E-state index is 12.2. The van der Waals surface area contributed by atoms with Gasteiger partial charge in [0.1, 0.15) is 6.61 Å². The molecule has 0 bridgehead atoms. The Hall–Kier alpha value is -0.950. The molecule has 0 aliphatic carbocycles. The number of hydrogen-bond donors (Lipinski definition) is 2. The quantitative estimate of drug-likeness (QED) is 0.810. The van der Waals surface area contributed by atoms with Crippen LogP contribution in [0.15, 0.2) is 17.5 Å². The molecule has 1 saturated heterocycles. The van der Waals surface area contributed by atoms with E-state index in [1.54, 1.807) is 11.3 Å². The molecule has 142 valence electrons. The molecule has 0 saturated carbocycles. The molecule has 2 rings (SSSR count). The highest BCUT2D eigenvalue weighted by atomic mass is 32.1. The largest absolute Gasteiger partial charge is 0.388 e. The molecule has 1 aliphatic heterocycles. The molecule has 5 nitrogen and oxygen atoms in total. The smallest absolute Gasteiger partial charge is 0.246 e. The number of carbonyl (C=O) groups excluding carboxylic acids is 1. The minimum absolute atomic E-state index is 0.00569. The number of hydrogen-bond acceptors (Lipinski definition) is 5. The first-order chi connectivity index (χ1) is 11.6. The molecule has 3 unspecified atom stereocenters. The summed E-state index contributed by atoms with van der Waals surface area (Å²) in [6.07, 6.45) is 1.70. The van der Waals surface area contributed by atoms with Gasteiger partial charge in [-0.15, -0.1) is 11.3 Å². The van der Waals surface area contributed by atoms with Gasteiger partial charge in [0, 0.05) is 18.5 Å². The van der Waals surface area contributed by atoms with Gasteiger partial charge >= 0.3 is 0 Å². The van der Waals surface area contributed by atoms with Crippen LogP contribution in [0.2, 0.25) is 0 Å². The molecule has 6 heteroatoms. The zero-order chi connectivity index (χ0) is 18.7. The van der Waals surface area contributed by atoms with E-state index in [0.717, 1.165) is 19.5 Å². The van der Waals surface area contributed by atoms with E-state index in [1.165, 1.54) is 12.0 Å². The first kappa shape index (κ1) is 20.4. The maximum Gasteiger partial charge on any atom is 0.246 e. The van der Waals surface area contributed by atoms with E-state index in [1.807, 2.05) is 13.0 Å². The van der Waals surface area contributed by atoms with E-state index >= 15 is 0 Å². The van der Waals surface area contributed by atoms with Gasteiger partial charge in [-0.1, -0.05) is 26.8 Å². The van der Waals surface area contributed by atoms with Crippen molar-refractivity contribution in [2.24, 2.45) is 5.41 Å². The van der Waals surface area contributed by atoms with Crippen molar-refractivity contribution >= 4 is 17.2 Å². The minimum atomic E-state index is -0.948. The fourth-order valence-corrected chi connectivity index (χ4v) is 4.23. The summed E-state index contributed by atoms with van der Waals surface area (Å²) in [6, 6.07) is 3.74. The van der Waals surface area contributed by atoms with Crippen molar-refractivity contribution in [3.63, 3.8) is 0 Å². The van der Waals surface area contributed by atoms with Crippen LogP contribution in [-0.2, 0) is 9.53 Å². The third-order valence-electron chi connectivity index (χ3n) is 4.86. The van der Waals surface area contributed by atoms with E-state index in [0.29, 0.717) is 6.42 Å². The molecule has 1 aromatic rings. The lowest BCUT2D eigenvalue weighted by Crippen LogP contribution is -2.62. The molecular weight excluding hydrogens is 336 g/mol. The van der Waals surface area contributed by atoms with Crippen LogP contribution < -0.4 is 5.32 Å². The third kappa shape index (κ3) is 5.51. The Balaban J connectivity index is 2.27. The number of thiophene rings is 1. The molecule has 0 radical (unpaired) electrons. The first-order valence-electron chi connectivity index (χ1n) is 8.92. The van der Waals surface area contributed by atoms with Gasteiger partial charge in [0.25, 0.3) is 0 Å². The predicted octanol–water partition coefficient (Wildman–Crippen LogP) is 2.81. The zero-order valence-electron chi connectivity index (χ0n) is 16.0. The van der Waals surface area contributed by atoms with Crippen molar-refractivity contribution in [2.45, 2.75) is 58.2 Å². The standard InChI is InChI=1S/C19H32N2O3S/c1-18(2,3)8-10-21-11-9-19(4,23)17(20-15(22)13-24-5)16(21)14-7-6-12-25-14/h6-7,12,16-17,23H,8-11,13H2,1-5H3,(H,20,22). The molecule has 0 aromatic carbocycles. The second-order valence-electron chi connectivity index (χ2n) is 8.39. The number of ether oxygens (including phenoxy) is 1. The number of rotatable bonds is 6. The van der Waals surface area contributed by atoms with Crippen LogP contribution in [0.25, 0.3) is 0 Å². The highest BCUT2D eigenvalue weighted by molar-refractivity contribution is 7.10. The summed E-state index contributed by atoms with van der Waals surface area (Å²) in [6.45, 7) is 10.3. The lowest BCUT2D eigenvalue weighted by atomic mass is 9.81. The number of amides is 1. The Labute approximate surface area is 155 Å². The van der Waals surface area contributed by atoms with Crippen molar-refractivity contribution in [1.82, 2.24) is 10.2 Å². The highest BCUT2D eigenvalue weighted by Gasteiger charge is 2.46. The third-order valence-corrected chi connectivity index (χ3v) is 5.80. The average molecular weight is 369 g/mol. The normalized spacial score (nSPS) is 28.1. The highest BCUT2D eigenvalue weighted by Crippen LogP contribution is 2.39.